The van der Waals surface area contributed by atoms with Gasteiger partial charge in [-0.2, -0.15) is 23.4 Å². The number of nitrogens with zero attached hydrogens (tertiary/aromatic N) is 4. The van der Waals surface area contributed by atoms with Crippen LogP contribution >= 0.6 is 11.6 Å². The van der Waals surface area contributed by atoms with Crippen LogP contribution in [0.15, 0.2) is 53.5 Å². The van der Waals surface area contributed by atoms with Crippen LogP contribution < -0.4 is 10.9 Å². The molecule has 11 heteroatoms. The minimum Gasteiger partial charge on any atom is -0.323 e. The van der Waals surface area contributed by atoms with Gasteiger partial charge in [0.1, 0.15) is 12.1 Å². The Kier molecular flexibility index (Phi) is 5.63. The number of hydrogen-bond donors (Lipinski definition) is 1. The lowest BCUT2D eigenvalue weighted by Crippen LogP contribution is -2.31. The van der Waals surface area contributed by atoms with Gasteiger partial charge < -0.3 is 5.32 Å². The Morgan fingerprint density at radius 3 is 2.63 bits per heavy atom. The summed E-state index contributed by atoms with van der Waals surface area (Å²) in [4.78, 5) is 26.2. The molecule has 5 rings (SSSR count). The zero-order valence-electron chi connectivity index (χ0n) is 18.4. The number of amides is 1. The van der Waals surface area contributed by atoms with Crippen molar-refractivity contribution >= 4 is 34.1 Å². The van der Waals surface area contributed by atoms with Crippen molar-refractivity contribution in [2.45, 2.75) is 38.4 Å². The average Bonchev–Trinajstić information content (AvgIpc) is 3.55. The number of rotatable bonds is 5. The Morgan fingerprint density at radius 2 is 1.94 bits per heavy atom. The molecule has 1 N–H and O–H groups in total. The highest BCUT2D eigenvalue weighted by molar-refractivity contribution is 6.33. The van der Waals surface area contributed by atoms with Crippen LogP contribution in [0.1, 0.15) is 35.6 Å². The molecular weight excluding hydrogens is 483 g/mol. The molecular formula is C24H19ClF3N5O2. The summed E-state index contributed by atoms with van der Waals surface area (Å²) in [6.45, 7) is 1.40. The number of anilines is 1. The van der Waals surface area contributed by atoms with Crippen LogP contribution in [0, 0.1) is 6.92 Å². The Bertz CT molecular complexity index is 1520. The number of alkyl halides is 3. The third-order valence-electron chi connectivity index (χ3n) is 5.88. The van der Waals surface area contributed by atoms with E-state index in [0.29, 0.717) is 16.6 Å². The number of fused-ring (bicyclic) bond motifs is 1. The van der Waals surface area contributed by atoms with Gasteiger partial charge in [-0.3, -0.25) is 9.59 Å². The summed E-state index contributed by atoms with van der Waals surface area (Å²) in [6.07, 6.45) is -1.18. The third kappa shape index (κ3) is 4.41. The number of carbonyl (C=O) groups is 1. The molecule has 1 fully saturated rings. The fourth-order valence-corrected chi connectivity index (χ4v) is 4.13. The first kappa shape index (κ1) is 23.1. The van der Waals surface area contributed by atoms with Crippen molar-refractivity contribution in [1.29, 1.82) is 0 Å². The molecule has 0 radical (unpaired) electrons. The van der Waals surface area contributed by atoms with Crippen molar-refractivity contribution in [1.82, 2.24) is 19.6 Å². The zero-order valence-corrected chi connectivity index (χ0v) is 19.2. The number of halogens is 4. The van der Waals surface area contributed by atoms with Gasteiger partial charge in [-0.1, -0.05) is 29.8 Å². The molecule has 0 atom stereocenters. The summed E-state index contributed by atoms with van der Waals surface area (Å²) in [5.74, 6) is -0.580. The lowest BCUT2D eigenvalue weighted by Gasteiger charge is -2.13. The Hall–Kier alpha value is -3.66. The fourth-order valence-electron chi connectivity index (χ4n) is 3.97. The minimum atomic E-state index is -4.60. The largest absolute Gasteiger partial charge is 0.416 e. The topological polar surface area (TPSA) is 81.8 Å². The van der Waals surface area contributed by atoms with Gasteiger partial charge in [0.05, 0.1) is 33.9 Å². The fraction of sp³-hybridized carbons (Fsp3) is 0.250. The van der Waals surface area contributed by atoms with E-state index in [2.05, 4.69) is 15.5 Å². The lowest BCUT2D eigenvalue weighted by atomic mass is 10.1. The average molecular weight is 502 g/mol. The van der Waals surface area contributed by atoms with E-state index in [0.717, 1.165) is 47.0 Å². The number of nitrogens with one attached hydrogen (secondary N) is 1. The standard InChI is InChI=1S/C24H19ClF3N5O2/c1-13-4-2-3-5-19(13)33-22-16(11-29-33)21(14-6-7-14)31-32(23(22)35)12-20(34)30-18-10-15(24(26,27)28)8-9-17(18)25/h2-5,8-11,14H,6-7,12H2,1H3,(H,30,34). The van der Waals surface area contributed by atoms with E-state index in [1.165, 1.54) is 0 Å². The number of benzene rings is 2. The highest BCUT2D eigenvalue weighted by Gasteiger charge is 2.32. The van der Waals surface area contributed by atoms with Crippen LogP contribution in [-0.2, 0) is 17.5 Å². The van der Waals surface area contributed by atoms with Gasteiger partial charge in [-0.05, 0) is 49.6 Å². The van der Waals surface area contributed by atoms with Crippen LogP contribution in [-0.4, -0.2) is 25.5 Å². The highest BCUT2D eigenvalue weighted by Crippen LogP contribution is 2.41. The molecule has 0 saturated heterocycles. The van der Waals surface area contributed by atoms with Gasteiger partial charge in [0.25, 0.3) is 5.56 Å². The second-order valence-electron chi connectivity index (χ2n) is 8.47. The van der Waals surface area contributed by atoms with Gasteiger partial charge in [0.2, 0.25) is 5.91 Å². The highest BCUT2D eigenvalue weighted by atomic mass is 35.5. The van der Waals surface area contributed by atoms with Gasteiger partial charge >= 0.3 is 6.18 Å². The molecule has 2 aromatic heterocycles. The smallest absolute Gasteiger partial charge is 0.323 e. The predicted octanol–water partition coefficient (Wildman–Crippen LogP) is 5.08. The number of para-hydroxylation sites is 1. The quantitative estimate of drug-likeness (QED) is 0.413. The van der Waals surface area contributed by atoms with Crippen molar-refractivity contribution in [2.75, 3.05) is 5.32 Å². The summed E-state index contributed by atoms with van der Waals surface area (Å²) in [5.41, 5.74) is 0.908. The van der Waals surface area contributed by atoms with Gasteiger partial charge in [-0.15, -0.1) is 0 Å². The summed E-state index contributed by atoms with van der Waals surface area (Å²) in [7, 11) is 0. The van der Waals surface area contributed by atoms with E-state index >= 15 is 0 Å². The molecule has 35 heavy (non-hydrogen) atoms. The van der Waals surface area contributed by atoms with Crippen LogP contribution in [0.3, 0.4) is 0 Å². The normalized spacial score (nSPS) is 13.9. The molecule has 0 aliphatic heterocycles. The minimum absolute atomic E-state index is 0.0570. The van der Waals surface area contributed by atoms with E-state index in [1.807, 2.05) is 31.2 Å². The van der Waals surface area contributed by atoms with Crippen molar-refractivity contribution in [3.63, 3.8) is 0 Å². The van der Waals surface area contributed by atoms with Gasteiger partial charge in [0, 0.05) is 11.3 Å². The number of carbonyl (C=O) groups excluding carboxylic acids is 1. The summed E-state index contributed by atoms with van der Waals surface area (Å²) < 4.78 is 41.8. The van der Waals surface area contributed by atoms with Crippen LogP contribution in [0.2, 0.25) is 5.02 Å². The van der Waals surface area contributed by atoms with E-state index in [9.17, 15) is 22.8 Å². The monoisotopic (exact) mass is 501 g/mol. The van der Waals surface area contributed by atoms with Gasteiger partial charge in [0.15, 0.2) is 0 Å². The van der Waals surface area contributed by atoms with Crippen molar-refractivity contribution in [2.24, 2.45) is 0 Å². The van der Waals surface area contributed by atoms with Crippen molar-refractivity contribution < 1.29 is 18.0 Å². The molecule has 0 bridgehead atoms. The van der Waals surface area contributed by atoms with Crippen molar-refractivity contribution in [3.05, 3.63) is 80.9 Å². The summed E-state index contributed by atoms with van der Waals surface area (Å²) in [5, 5.41) is 11.8. The molecule has 2 aromatic carbocycles. The number of aryl methyl sites for hydroxylation is 1. The predicted molar refractivity (Wildman–Crippen MR) is 125 cm³/mol. The van der Waals surface area contributed by atoms with E-state index in [-0.39, 0.29) is 16.6 Å². The first-order valence-electron chi connectivity index (χ1n) is 10.8. The molecule has 1 aliphatic carbocycles. The van der Waals surface area contributed by atoms with Crippen LogP contribution in [0.5, 0.6) is 0 Å². The molecule has 1 amide bonds. The number of hydrogen-bond acceptors (Lipinski definition) is 4. The molecule has 0 unspecified atom stereocenters. The van der Waals surface area contributed by atoms with Crippen molar-refractivity contribution in [3.8, 4) is 5.69 Å². The maximum Gasteiger partial charge on any atom is 0.416 e. The second kappa shape index (κ2) is 8.53. The first-order chi connectivity index (χ1) is 16.6. The molecule has 180 valence electrons. The van der Waals surface area contributed by atoms with E-state index in [1.54, 1.807) is 10.9 Å². The van der Waals surface area contributed by atoms with E-state index in [4.69, 9.17) is 11.6 Å². The summed E-state index contributed by atoms with van der Waals surface area (Å²) in [6, 6.07) is 10.1. The molecule has 2 heterocycles. The van der Waals surface area contributed by atoms with Gasteiger partial charge in [-0.25, -0.2) is 9.36 Å². The van der Waals surface area contributed by atoms with Crippen LogP contribution in [0.4, 0.5) is 18.9 Å². The molecule has 4 aromatic rings. The molecule has 1 saturated carbocycles. The molecule has 1 aliphatic rings. The zero-order chi connectivity index (χ0) is 24.9. The van der Waals surface area contributed by atoms with Crippen LogP contribution in [0.25, 0.3) is 16.6 Å². The Labute approximate surface area is 202 Å². The Morgan fingerprint density at radius 1 is 1.20 bits per heavy atom. The maximum atomic E-state index is 13.4. The maximum absolute atomic E-state index is 13.4. The second-order valence-corrected chi connectivity index (χ2v) is 8.88. The molecule has 7 nitrogen and oxygen atoms in total. The summed E-state index contributed by atoms with van der Waals surface area (Å²) >= 11 is 5.99. The SMILES string of the molecule is Cc1ccccc1-n1ncc2c(C3CC3)nn(CC(=O)Nc3cc(C(F)(F)F)ccc3Cl)c(=O)c21. The third-order valence-corrected chi connectivity index (χ3v) is 6.21. The molecule has 0 spiro atoms. The first-order valence-corrected chi connectivity index (χ1v) is 11.2. The van der Waals surface area contributed by atoms with E-state index < -0.39 is 29.8 Å². The Balaban J connectivity index is 1.53. The number of aromatic nitrogens is 4. The lowest BCUT2D eigenvalue weighted by molar-refractivity contribution is -0.137.